The molecule has 0 saturated heterocycles. The lowest BCUT2D eigenvalue weighted by Crippen LogP contribution is -2.38. The predicted molar refractivity (Wildman–Crippen MR) is 137 cm³/mol. The van der Waals surface area contributed by atoms with Crippen LogP contribution < -0.4 is 5.73 Å². The summed E-state index contributed by atoms with van der Waals surface area (Å²) < 4.78 is 27.1. The highest BCUT2D eigenvalue weighted by Gasteiger charge is 2.35. The molecule has 2 aromatic carbocycles. The number of rotatable bonds is 7. The van der Waals surface area contributed by atoms with Gasteiger partial charge in [-0.1, -0.05) is 24.3 Å². The fourth-order valence-electron chi connectivity index (χ4n) is 4.59. The van der Waals surface area contributed by atoms with Crippen LogP contribution in [0.3, 0.4) is 0 Å². The number of pyridine rings is 1. The Morgan fingerprint density at radius 2 is 1.81 bits per heavy atom. The number of nitrogen functional groups attached to an aromatic ring is 1. The van der Waals surface area contributed by atoms with Crippen molar-refractivity contribution in [1.29, 1.82) is 5.26 Å². The number of fused-ring (bicyclic) bond motifs is 1. The number of nitriles is 1. The summed E-state index contributed by atoms with van der Waals surface area (Å²) >= 11 is 0. The molecule has 1 saturated carbocycles. The van der Waals surface area contributed by atoms with E-state index in [0.717, 1.165) is 40.7 Å². The maximum Gasteiger partial charge on any atom is 0.254 e. The van der Waals surface area contributed by atoms with Crippen LogP contribution in [0.25, 0.3) is 22.3 Å². The molecule has 2 heterocycles. The van der Waals surface area contributed by atoms with Gasteiger partial charge < -0.3 is 10.6 Å². The van der Waals surface area contributed by atoms with E-state index < -0.39 is 10.0 Å². The molecule has 2 N–H and O–H groups in total. The van der Waals surface area contributed by atoms with Crippen molar-refractivity contribution in [3.63, 3.8) is 0 Å². The molecule has 0 atom stereocenters. The number of aromatic nitrogens is 1. The molecule has 2 aliphatic rings. The highest BCUT2D eigenvalue weighted by atomic mass is 32.2. The smallest absolute Gasteiger partial charge is 0.254 e. The monoisotopic (exact) mass is 501 g/mol. The van der Waals surface area contributed by atoms with Gasteiger partial charge in [0.2, 0.25) is 10.0 Å². The van der Waals surface area contributed by atoms with Gasteiger partial charge in [-0.15, -0.1) is 0 Å². The molecule has 8 nitrogen and oxygen atoms in total. The van der Waals surface area contributed by atoms with Gasteiger partial charge in [0.1, 0.15) is 5.82 Å². The van der Waals surface area contributed by atoms with Gasteiger partial charge in [0, 0.05) is 49.1 Å². The van der Waals surface area contributed by atoms with Crippen molar-refractivity contribution in [2.24, 2.45) is 0 Å². The third-order valence-electron chi connectivity index (χ3n) is 6.92. The zero-order valence-corrected chi connectivity index (χ0v) is 20.8. The Hall–Kier alpha value is -3.74. The van der Waals surface area contributed by atoms with Crippen molar-refractivity contribution in [2.45, 2.75) is 36.6 Å². The number of carbonyl (C=O) groups excluding carboxylic acids is 1. The minimum atomic E-state index is -3.50. The average molecular weight is 502 g/mol. The molecule has 1 fully saturated rings. The normalized spacial score (nSPS) is 15.6. The number of benzene rings is 2. The molecule has 0 unspecified atom stereocenters. The van der Waals surface area contributed by atoms with Crippen LogP contribution in [0.15, 0.2) is 59.6 Å². The molecule has 184 valence electrons. The maximum absolute atomic E-state index is 12.8. The molecule has 9 heteroatoms. The standard InChI is InChI=1S/C27H27N5O3S/c1-31(22-6-7-22)36(34,35)23-8-3-18(4-9-23)21-16-25(26(29)30-17-21)19-5-10-24-20(15-19)11-14-32(27(24)33)13-2-12-28/h3-5,8-10,15-17,22H,2,6-7,11,13-14H2,1H3,(H2,29,30). The van der Waals surface area contributed by atoms with Crippen molar-refractivity contribution in [2.75, 3.05) is 25.9 Å². The van der Waals surface area contributed by atoms with Crippen LogP contribution in [0.2, 0.25) is 0 Å². The number of nitrogens with zero attached hydrogens (tertiary/aromatic N) is 4. The highest BCUT2D eigenvalue weighted by molar-refractivity contribution is 7.89. The number of anilines is 1. The van der Waals surface area contributed by atoms with E-state index in [-0.39, 0.29) is 16.8 Å². The second-order valence-corrected chi connectivity index (χ2v) is 11.3. The molecule has 0 bridgehead atoms. The van der Waals surface area contributed by atoms with E-state index in [1.54, 1.807) is 42.4 Å². The Morgan fingerprint density at radius 3 is 2.50 bits per heavy atom. The Balaban J connectivity index is 1.42. The summed E-state index contributed by atoms with van der Waals surface area (Å²) in [4.78, 5) is 19.2. The fraction of sp³-hybridized carbons (Fsp3) is 0.296. The minimum Gasteiger partial charge on any atom is -0.383 e. The first kappa shape index (κ1) is 24.0. The van der Waals surface area contributed by atoms with Crippen LogP contribution in [-0.2, 0) is 16.4 Å². The first-order valence-corrected chi connectivity index (χ1v) is 13.4. The van der Waals surface area contributed by atoms with Gasteiger partial charge in [0.05, 0.1) is 17.4 Å². The number of carbonyl (C=O) groups is 1. The number of hydrogen-bond donors (Lipinski definition) is 1. The van der Waals surface area contributed by atoms with Crippen LogP contribution >= 0.6 is 0 Å². The average Bonchev–Trinajstić information content (AvgIpc) is 3.74. The largest absolute Gasteiger partial charge is 0.383 e. The Bertz CT molecular complexity index is 1470. The van der Waals surface area contributed by atoms with E-state index in [1.165, 1.54) is 4.31 Å². The molecule has 1 aliphatic carbocycles. The molecule has 0 spiro atoms. The summed E-state index contributed by atoms with van der Waals surface area (Å²) in [6.07, 6.45) is 4.51. The quantitative estimate of drug-likeness (QED) is 0.527. The van der Waals surface area contributed by atoms with Crippen LogP contribution in [-0.4, -0.2) is 54.7 Å². The molecule has 5 rings (SSSR count). The van der Waals surface area contributed by atoms with Crippen LogP contribution in [0.1, 0.15) is 35.2 Å². The lowest BCUT2D eigenvalue weighted by Gasteiger charge is -2.28. The van der Waals surface area contributed by atoms with E-state index in [2.05, 4.69) is 11.1 Å². The number of hydrogen-bond acceptors (Lipinski definition) is 6. The van der Waals surface area contributed by atoms with E-state index >= 15 is 0 Å². The third-order valence-corrected chi connectivity index (χ3v) is 8.85. The zero-order chi connectivity index (χ0) is 25.4. The Morgan fingerprint density at radius 1 is 1.08 bits per heavy atom. The van der Waals surface area contributed by atoms with Crippen LogP contribution in [0.5, 0.6) is 0 Å². The van der Waals surface area contributed by atoms with E-state index in [0.29, 0.717) is 37.3 Å². The molecular weight excluding hydrogens is 474 g/mol. The van der Waals surface area contributed by atoms with Gasteiger partial charge in [0.25, 0.3) is 5.91 Å². The van der Waals surface area contributed by atoms with Gasteiger partial charge in [-0.3, -0.25) is 4.79 Å². The summed E-state index contributed by atoms with van der Waals surface area (Å²) in [7, 11) is -1.87. The first-order valence-electron chi connectivity index (χ1n) is 11.9. The fourth-order valence-corrected chi connectivity index (χ4v) is 6.00. The van der Waals surface area contributed by atoms with Crippen molar-refractivity contribution >= 4 is 21.7 Å². The van der Waals surface area contributed by atoms with E-state index in [4.69, 9.17) is 11.0 Å². The van der Waals surface area contributed by atoms with Crippen LogP contribution in [0, 0.1) is 11.3 Å². The second-order valence-electron chi connectivity index (χ2n) is 9.26. The van der Waals surface area contributed by atoms with Crippen molar-refractivity contribution in [3.8, 4) is 28.3 Å². The molecule has 1 aliphatic heterocycles. The molecule has 0 radical (unpaired) electrons. The summed E-state index contributed by atoms with van der Waals surface area (Å²) in [6, 6.07) is 16.6. The number of nitrogens with two attached hydrogens (primary N) is 1. The first-order chi connectivity index (χ1) is 17.3. The molecule has 1 amide bonds. The van der Waals surface area contributed by atoms with Gasteiger partial charge in [-0.2, -0.15) is 9.57 Å². The summed E-state index contributed by atoms with van der Waals surface area (Å²) in [5.41, 5.74) is 11.1. The predicted octanol–water partition coefficient (Wildman–Crippen LogP) is 3.69. The summed E-state index contributed by atoms with van der Waals surface area (Å²) in [6.45, 7) is 1.02. The molecule has 1 aromatic heterocycles. The third kappa shape index (κ3) is 4.45. The molecule has 36 heavy (non-hydrogen) atoms. The zero-order valence-electron chi connectivity index (χ0n) is 20.0. The van der Waals surface area contributed by atoms with E-state index in [9.17, 15) is 13.2 Å². The maximum atomic E-state index is 12.8. The Labute approximate surface area is 211 Å². The summed E-state index contributed by atoms with van der Waals surface area (Å²) in [5, 5.41) is 8.83. The van der Waals surface area contributed by atoms with Crippen molar-refractivity contribution in [1.82, 2.24) is 14.2 Å². The second kappa shape index (κ2) is 9.37. The van der Waals surface area contributed by atoms with E-state index in [1.807, 2.05) is 24.3 Å². The lowest BCUT2D eigenvalue weighted by atomic mass is 9.93. The van der Waals surface area contributed by atoms with Gasteiger partial charge in [-0.05, 0) is 60.2 Å². The highest BCUT2D eigenvalue weighted by Crippen LogP contribution is 2.34. The molecular formula is C27H27N5O3S. The van der Waals surface area contributed by atoms with Crippen molar-refractivity contribution < 1.29 is 13.2 Å². The molecule has 3 aromatic rings. The van der Waals surface area contributed by atoms with Gasteiger partial charge >= 0.3 is 0 Å². The van der Waals surface area contributed by atoms with Crippen LogP contribution in [0.4, 0.5) is 5.82 Å². The summed E-state index contributed by atoms with van der Waals surface area (Å²) in [5.74, 6) is 0.321. The van der Waals surface area contributed by atoms with Gasteiger partial charge in [0.15, 0.2) is 0 Å². The SMILES string of the molecule is CN(C1CC1)S(=O)(=O)c1ccc(-c2cnc(N)c(-c3ccc4c(c3)CCN(CCC#N)C4=O)c2)cc1. The van der Waals surface area contributed by atoms with Crippen molar-refractivity contribution in [3.05, 3.63) is 65.9 Å². The van der Waals surface area contributed by atoms with Gasteiger partial charge in [-0.25, -0.2) is 13.4 Å². The minimum absolute atomic E-state index is 0.0553. The topological polar surface area (TPSA) is 120 Å². The number of amides is 1. The number of sulfonamides is 1. The Kier molecular flexibility index (Phi) is 6.24. The lowest BCUT2D eigenvalue weighted by molar-refractivity contribution is 0.0743.